The molecule has 0 aliphatic carbocycles. The van der Waals surface area contributed by atoms with Gasteiger partial charge >= 0.3 is 0 Å². The molecule has 0 aliphatic heterocycles. The molecule has 0 radical (unpaired) electrons. The van der Waals surface area contributed by atoms with Crippen LogP contribution in [-0.2, 0) is 0 Å². The van der Waals surface area contributed by atoms with Crippen LogP contribution in [0.1, 0.15) is 18.0 Å². The number of aliphatic hydroxyl groups is 1. The van der Waals surface area contributed by atoms with Gasteiger partial charge in [0.15, 0.2) is 0 Å². The Balaban J connectivity index is 2.91. The maximum Gasteiger partial charge on any atom is 0.0449 e. The third kappa shape index (κ3) is 3.06. The van der Waals surface area contributed by atoms with Gasteiger partial charge in [-0.2, -0.15) is 0 Å². The normalized spacial score (nSPS) is 12.9. The van der Waals surface area contributed by atoms with Gasteiger partial charge in [-0.25, -0.2) is 0 Å². The lowest BCUT2D eigenvalue weighted by Gasteiger charge is -2.12. The molecule has 4 heteroatoms. The highest BCUT2D eigenvalue weighted by molar-refractivity contribution is 9.11. The molecular formula is C9H11Br2NO. The minimum atomic E-state index is -0.114. The van der Waals surface area contributed by atoms with Crippen LogP contribution in [0.3, 0.4) is 0 Å². The van der Waals surface area contributed by atoms with Crippen LogP contribution in [0.15, 0.2) is 27.1 Å². The zero-order chi connectivity index (χ0) is 9.84. The second kappa shape index (κ2) is 5.10. The summed E-state index contributed by atoms with van der Waals surface area (Å²) in [6.45, 7) is 0.111. The monoisotopic (exact) mass is 307 g/mol. The summed E-state index contributed by atoms with van der Waals surface area (Å²) in [6.07, 6.45) is 0.578. The summed E-state index contributed by atoms with van der Waals surface area (Å²) in [5, 5.41) is 8.75. The van der Waals surface area contributed by atoms with E-state index in [9.17, 15) is 0 Å². The number of benzene rings is 1. The fraction of sp³-hybridized carbons (Fsp3) is 0.333. The maximum absolute atomic E-state index is 8.75. The van der Waals surface area contributed by atoms with Crippen molar-refractivity contribution in [3.05, 3.63) is 32.7 Å². The molecule has 0 saturated heterocycles. The van der Waals surface area contributed by atoms with Crippen molar-refractivity contribution in [3.63, 3.8) is 0 Å². The van der Waals surface area contributed by atoms with Crippen molar-refractivity contribution in [2.24, 2.45) is 5.73 Å². The van der Waals surface area contributed by atoms with Crippen LogP contribution in [0.4, 0.5) is 0 Å². The first-order valence-corrected chi connectivity index (χ1v) is 5.55. The molecule has 0 aliphatic rings. The molecule has 72 valence electrons. The van der Waals surface area contributed by atoms with Crippen molar-refractivity contribution in [1.29, 1.82) is 0 Å². The molecule has 0 fully saturated rings. The highest BCUT2D eigenvalue weighted by Gasteiger charge is 2.09. The van der Waals surface area contributed by atoms with Crippen molar-refractivity contribution < 1.29 is 5.11 Å². The molecule has 0 heterocycles. The van der Waals surface area contributed by atoms with E-state index < -0.39 is 0 Å². The summed E-state index contributed by atoms with van der Waals surface area (Å²) in [7, 11) is 0. The molecule has 1 rings (SSSR count). The molecule has 13 heavy (non-hydrogen) atoms. The number of hydrogen-bond acceptors (Lipinski definition) is 2. The van der Waals surface area contributed by atoms with Crippen LogP contribution in [0.5, 0.6) is 0 Å². The van der Waals surface area contributed by atoms with E-state index in [2.05, 4.69) is 31.9 Å². The van der Waals surface area contributed by atoms with Crippen LogP contribution in [-0.4, -0.2) is 11.7 Å². The van der Waals surface area contributed by atoms with Crippen molar-refractivity contribution >= 4 is 31.9 Å². The minimum Gasteiger partial charge on any atom is -0.396 e. The predicted molar refractivity (Wildman–Crippen MR) is 60.5 cm³/mol. The molecule has 0 saturated carbocycles. The van der Waals surface area contributed by atoms with Crippen LogP contribution in [0.2, 0.25) is 0 Å². The Hall–Kier alpha value is 0.1000. The molecule has 2 nitrogen and oxygen atoms in total. The van der Waals surface area contributed by atoms with Gasteiger partial charge in [0.2, 0.25) is 0 Å². The largest absolute Gasteiger partial charge is 0.396 e. The first-order valence-electron chi connectivity index (χ1n) is 3.96. The molecule has 0 bridgehead atoms. The Morgan fingerprint density at radius 3 is 2.69 bits per heavy atom. The smallest absolute Gasteiger partial charge is 0.0449 e. The Morgan fingerprint density at radius 2 is 2.08 bits per heavy atom. The van der Waals surface area contributed by atoms with E-state index in [0.29, 0.717) is 6.42 Å². The quantitative estimate of drug-likeness (QED) is 0.901. The van der Waals surface area contributed by atoms with Gasteiger partial charge in [-0.3, -0.25) is 0 Å². The van der Waals surface area contributed by atoms with Gasteiger partial charge in [-0.05, 0) is 30.2 Å². The SMILES string of the molecule is N[C@H](CCO)c1cc(Br)ccc1Br. The molecule has 0 amide bonds. The first kappa shape index (κ1) is 11.2. The third-order valence-corrected chi connectivity index (χ3v) is 3.01. The topological polar surface area (TPSA) is 46.2 Å². The standard InChI is InChI=1S/C9H11Br2NO/c10-6-1-2-8(11)7(5-6)9(12)3-4-13/h1-2,5,9,13H,3-4,12H2/t9-/m1/s1. The molecular weight excluding hydrogens is 298 g/mol. The zero-order valence-electron chi connectivity index (χ0n) is 7.00. The van der Waals surface area contributed by atoms with Gasteiger partial charge in [-0.1, -0.05) is 31.9 Å². The minimum absolute atomic E-state index is 0.111. The lowest BCUT2D eigenvalue weighted by Crippen LogP contribution is -2.12. The molecule has 1 aromatic rings. The van der Waals surface area contributed by atoms with Crippen LogP contribution >= 0.6 is 31.9 Å². The highest BCUT2D eigenvalue weighted by Crippen LogP contribution is 2.27. The van der Waals surface area contributed by atoms with Crippen molar-refractivity contribution in [3.8, 4) is 0 Å². The van der Waals surface area contributed by atoms with E-state index in [0.717, 1.165) is 14.5 Å². The van der Waals surface area contributed by atoms with E-state index in [4.69, 9.17) is 10.8 Å². The molecule has 0 spiro atoms. The highest BCUT2D eigenvalue weighted by atomic mass is 79.9. The average Bonchev–Trinajstić information content (AvgIpc) is 2.09. The van der Waals surface area contributed by atoms with Crippen molar-refractivity contribution in [1.82, 2.24) is 0 Å². The lowest BCUT2D eigenvalue weighted by atomic mass is 10.1. The molecule has 3 N–H and O–H groups in total. The van der Waals surface area contributed by atoms with Gasteiger partial charge < -0.3 is 10.8 Å². The number of nitrogens with two attached hydrogens (primary N) is 1. The fourth-order valence-corrected chi connectivity index (χ4v) is 2.01. The van der Waals surface area contributed by atoms with Gasteiger partial charge in [0, 0.05) is 21.6 Å². The molecule has 0 aromatic heterocycles. The van der Waals surface area contributed by atoms with E-state index in [-0.39, 0.29) is 12.6 Å². The first-order chi connectivity index (χ1) is 6.15. The number of halogens is 2. The van der Waals surface area contributed by atoms with Crippen LogP contribution in [0.25, 0.3) is 0 Å². The average molecular weight is 309 g/mol. The van der Waals surface area contributed by atoms with E-state index in [1.54, 1.807) is 0 Å². The summed E-state index contributed by atoms with van der Waals surface area (Å²) >= 11 is 6.80. The van der Waals surface area contributed by atoms with E-state index in [1.807, 2.05) is 18.2 Å². The molecule has 0 unspecified atom stereocenters. The number of hydrogen-bond donors (Lipinski definition) is 2. The molecule has 1 atom stereocenters. The van der Waals surface area contributed by atoms with Crippen LogP contribution < -0.4 is 5.73 Å². The van der Waals surface area contributed by atoms with E-state index in [1.165, 1.54) is 0 Å². The Kier molecular flexibility index (Phi) is 4.38. The van der Waals surface area contributed by atoms with Gasteiger partial charge in [-0.15, -0.1) is 0 Å². The third-order valence-electron chi connectivity index (χ3n) is 1.80. The van der Waals surface area contributed by atoms with Crippen LogP contribution in [0, 0.1) is 0 Å². The van der Waals surface area contributed by atoms with Gasteiger partial charge in [0.1, 0.15) is 0 Å². The summed E-state index contributed by atoms with van der Waals surface area (Å²) < 4.78 is 1.98. The second-order valence-electron chi connectivity index (χ2n) is 2.78. The summed E-state index contributed by atoms with van der Waals surface area (Å²) in [6, 6.07) is 5.73. The van der Waals surface area contributed by atoms with Crippen molar-refractivity contribution in [2.75, 3.05) is 6.61 Å². The summed E-state index contributed by atoms with van der Waals surface area (Å²) in [5.74, 6) is 0. The maximum atomic E-state index is 8.75. The van der Waals surface area contributed by atoms with Gasteiger partial charge in [0.05, 0.1) is 0 Å². The second-order valence-corrected chi connectivity index (χ2v) is 4.55. The number of rotatable bonds is 3. The zero-order valence-corrected chi connectivity index (χ0v) is 10.2. The summed E-state index contributed by atoms with van der Waals surface area (Å²) in [4.78, 5) is 0. The Bertz CT molecular complexity index is 291. The molecule has 1 aromatic carbocycles. The fourth-order valence-electron chi connectivity index (χ4n) is 1.09. The van der Waals surface area contributed by atoms with Gasteiger partial charge in [0.25, 0.3) is 0 Å². The predicted octanol–water partition coefficient (Wildman–Crippen LogP) is 2.59. The van der Waals surface area contributed by atoms with Crippen molar-refractivity contribution in [2.45, 2.75) is 12.5 Å². The van der Waals surface area contributed by atoms with E-state index >= 15 is 0 Å². The Labute approximate surface area is 94.4 Å². The Morgan fingerprint density at radius 1 is 1.38 bits per heavy atom. The lowest BCUT2D eigenvalue weighted by molar-refractivity contribution is 0.276. The number of aliphatic hydroxyl groups excluding tert-OH is 1. The summed E-state index contributed by atoms with van der Waals surface area (Å²) in [5.41, 5.74) is 6.88.